The fraction of sp³-hybridized carbons (Fsp3) is 0.600. The van der Waals surface area contributed by atoms with Gasteiger partial charge in [0.1, 0.15) is 0 Å². The Hall–Kier alpha value is -0.980. The van der Waals surface area contributed by atoms with Crippen LogP contribution in [0.1, 0.15) is 44.2 Å². The second-order valence-corrected chi connectivity index (χ2v) is 4.58. The van der Waals surface area contributed by atoms with E-state index in [0.717, 1.165) is 6.54 Å². The smallest absolute Gasteiger partial charge is 0.0395 e. The van der Waals surface area contributed by atoms with Crippen molar-refractivity contribution >= 4 is 5.69 Å². The van der Waals surface area contributed by atoms with Crippen LogP contribution in [-0.2, 0) is 0 Å². The molecule has 0 aromatic heterocycles. The number of unbranched alkanes of at least 4 members (excludes halogenated alkanes) is 2. The molecule has 1 heteroatoms. The topological polar surface area (TPSA) is 3.24 Å². The normalized spacial score (nSPS) is 10.5. The van der Waals surface area contributed by atoms with Gasteiger partial charge in [0, 0.05) is 18.8 Å². The average molecular weight is 219 g/mol. The van der Waals surface area contributed by atoms with E-state index in [1.54, 1.807) is 0 Å². The third kappa shape index (κ3) is 3.55. The molecule has 0 saturated carbocycles. The van der Waals surface area contributed by atoms with E-state index >= 15 is 0 Å². The van der Waals surface area contributed by atoms with Gasteiger partial charge in [-0.05, 0) is 38.8 Å². The van der Waals surface area contributed by atoms with Crippen LogP contribution >= 0.6 is 0 Å². The van der Waals surface area contributed by atoms with Gasteiger partial charge in [-0.15, -0.1) is 0 Å². The number of anilines is 1. The maximum absolute atomic E-state index is 2.49. The molecule has 0 saturated heterocycles. The van der Waals surface area contributed by atoms with Crippen molar-refractivity contribution in [2.45, 2.75) is 47.0 Å². The van der Waals surface area contributed by atoms with Gasteiger partial charge in [-0.3, -0.25) is 0 Å². The second kappa shape index (κ2) is 6.57. The van der Waals surface area contributed by atoms with E-state index < -0.39 is 0 Å². The highest BCUT2D eigenvalue weighted by Gasteiger charge is 2.06. The molecule has 0 spiro atoms. The number of hydrogen-bond acceptors (Lipinski definition) is 1. The van der Waals surface area contributed by atoms with E-state index in [2.05, 4.69) is 50.8 Å². The quantitative estimate of drug-likeness (QED) is 0.644. The van der Waals surface area contributed by atoms with Gasteiger partial charge >= 0.3 is 0 Å². The Bertz CT molecular complexity index is 317. The van der Waals surface area contributed by atoms with E-state index in [1.165, 1.54) is 42.6 Å². The van der Waals surface area contributed by atoms with Gasteiger partial charge in [0.25, 0.3) is 0 Å². The monoisotopic (exact) mass is 219 g/mol. The molecular formula is C15H25N. The Morgan fingerprint density at radius 1 is 1.06 bits per heavy atom. The van der Waals surface area contributed by atoms with Crippen molar-refractivity contribution in [2.75, 3.05) is 18.0 Å². The lowest BCUT2D eigenvalue weighted by Gasteiger charge is -2.25. The van der Waals surface area contributed by atoms with Crippen molar-refractivity contribution < 1.29 is 0 Å². The lowest BCUT2D eigenvalue weighted by molar-refractivity contribution is 0.684. The molecule has 0 unspecified atom stereocenters. The van der Waals surface area contributed by atoms with Crippen LogP contribution in [-0.4, -0.2) is 13.1 Å². The number of hydrogen-bond donors (Lipinski definition) is 0. The molecule has 0 atom stereocenters. The fourth-order valence-corrected chi connectivity index (χ4v) is 2.16. The summed E-state index contributed by atoms with van der Waals surface area (Å²) in [7, 11) is 0. The Morgan fingerprint density at radius 3 is 2.38 bits per heavy atom. The second-order valence-electron chi connectivity index (χ2n) is 4.58. The molecule has 1 aromatic carbocycles. The van der Waals surface area contributed by atoms with Crippen molar-refractivity contribution in [3.63, 3.8) is 0 Å². The van der Waals surface area contributed by atoms with Crippen molar-refractivity contribution in [3.8, 4) is 0 Å². The van der Waals surface area contributed by atoms with Gasteiger partial charge in [0.15, 0.2) is 0 Å². The Kier molecular flexibility index (Phi) is 5.37. The van der Waals surface area contributed by atoms with Gasteiger partial charge in [-0.2, -0.15) is 0 Å². The first-order valence-corrected chi connectivity index (χ1v) is 6.51. The van der Waals surface area contributed by atoms with Crippen LogP contribution in [0.4, 0.5) is 5.69 Å². The lowest BCUT2D eigenvalue weighted by atomic mass is 10.1. The molecule has 0 heterocycles. The van der Waals surface area contributed by atoms with Crippen molar-refractivity contribution in [1.82, 2.24) is 0 Å². The van der Waals surface area contributed by atoms with Crippen LogP contribution in [0.15, 0.2) is 18.2 Å². The molecule has 1 rings (SSSR count). The predicted octanol–water partition coefficient (Wildman–Crippen LogP) is 4.32. The van der Waals surface area contributed by atoms with Crippen LogP contribution < -0.4 is 4.90 Å². The SMILES string of the molecule is CCCCCN(CC)c1ccc(C)cc1C. The first-order valence-electron chi connectivity index (χ1n) is 6.51. The van der Waals surface area contributed by atoms with E-state index in [9.17, 15) is 0 Å². The van der Waals surface area contributed by atoms with E-state index in [-0.39, 0.29) is 0 Å². The third-order valence-corrected chi connectivity index (χ3v) is 3.11. The Labute approximate surface area is 100 Å². The van der Waals surface area contributed by atoms with E-state index in [0.29, 0.717) is 0 Å². The Balaban J connectivity index is 2.70. The minimum Gasteiger partial charge on any atom is -0.372 e. The summed E-state index contributed by atoms with van der Waals surface area (Å²) in [5, 5.41) is 0. The highest BCUT2D eigenvalue weighted by atomic mass is 15.1. The zero-order chi connectivity index (χ0) is 12.0. The number of aryl methyl sites for hydroxylation is 2. The lowest BCUT2D eigenvalue weighted by Crippen LogP contribution is -2.24. The maximum atomic E-state index is 2.49. The van der Waals surface area contributed by atoms with Crippen LogP contribution in [0.3, 0.4) is 0 Å². The molecule has 1 nitrogen and oxygen atoms in total. The molecule has 0 bridgehead atoms. The number of nitrogens with zero attached hydrogens (tertiary/aromatic N) is 1. The van der Waals surface area contributed by atoms with E-state index in [1.807, 2.05) is 0 Å². The minimum atomic E-state index is 1.10. The van der Waals surface area contributed by atoms with Crippen LogP contribution in [0.25, 0.3) is 0 Å². The molecule has 0 N–H and O–H groups in total. The summed E-state index contributed by atoms with van der Waals surface area (Å²) in [6, 6.07) is 6.75. The molecule has 0 aliphatic heterocycles. The zero-order valence-corrected chi connectivity index (χ0v) is 11.2. The first-order chi connectivity index (χ1) is 7.69. The minimum absolute atomic E-state index is 1.10. The summed E-state index contributed by atoms with van der Waals surface area (Å²) in [5.41, 5.74) is 4.16. The average Bonchev–Trinajstić information content (AvgIpc) is 2.26. The summed E-state index contributed by atoms with van der Waals surface area (Å²) in [6.45, 7) is 11.2. The van der Waals surface area contributed by atoms with Crippen molar-refractivity contribution in [3.05, 3.63) is 29.3 Å². The summed E-state index contributed by atoms with van der Waals surface area (Å²) < 4.78 is 0. The van der Waals surface area contributed by atoms with Crippen LogP contribution in [0.5, 0.6) is 0 Å². The summed E-state index contributed by atoms with van der Waals surface area (Å²) in [5.74, 6) is 0. The van der Waals surface area contributed by atoms with Gasteiger partial charge in [-0.1, -0.05) is 37.5 Å². The first kappa shape index (κ1) is 13.1. The molecule has 16 heavy (non-hydrogen) atoms. The predicted molar refractivity (Wildman–Crippen MR) is 73.3 cm³/mol. The van der Waals surface area contributed by atoms with Crippen molar-refractivity contribution in [2.24, 2.45) is 0 Å². The highest BCUT2D eigenvalue weighted by Crippen LogP contribution is 2.21. The third-order valence-electron chi connectivity index (χ3n) is 3.11. The zero-order valence-electron chi connectivity index (χ0n) is 11.2. The van der Waals surface area contributed by atoms with Gasteiger partial charge in [-0.25, -0.2) is 0 Å². The molecule has 0 radical (unpaired) electrons. The fourth-order valence-electron chi connectivity index (χ4n) is 2.16. The van der Waals surface area contributed by atoms with Gasteiger partial charge in [0.2, 0.25) is 0 Å². The molecular weight excluding hydrogens is 194 g/mol. The molecule has 0 aliphatic rings. The standard InChI is InChI=1S/C15H25N/c1-5-7-8-11-16(6-2)15-10-9-13(3)12-14(15)4/h9-10,12H,5-8,11H2,1-4H3. The van der Waals surface area contributed by atoms with E-state index in [4.69, 9.17) is 0 Å². The molecule has 0 amide bonds. The summed E-state index contributed by atoms with van der Waals surface area (Å²) in [4.78, 5) is 2.49. The largest absolute Gasteiger partial charge is 0.372 e. The number of rotatable bonds is 6. The molecule has 90 valence electrons. The van der Waals surface area contributed by atoms with Gasteiger partial charge in [0.05, 0.1) is 0 Å². The summed E-state index contributed by atoms with van der Waals surface area (Å²) >= 11 is 0. The Morgan fingerprint density at radius 2 is 1.81 bits per heavy atom. The van der Waals surface area contributed by atoms with Gasteiger partial charge < -0.3 is 4.90 Å². The van der Waals surface area contributed by atoms with Crippen LogP contribution in [0, 0.1) is 13.8 Å². The van der Waals surface area contributed by atoms with Crippen LogP contribution in [0.2, 0.25) is 0 Å². The molecule has 1 aromatic rings. The van der Waals surface area contributed by atoms with Crippen molar-refractivity contribution in [1.29, 1.82) is 0 Å². The summed E-state index contributed by atoms with van der Waals surface area (Å²) in [6.07, 6.45) is 3.93. The number of benzene rings is 1. The molecule has 0 fully saturated rings. The maximum Gasteiger partial charge on any atom is 0.0395 e. The highest BCUT2D eigenvalue weighted by molar-refractivity contribution is 5.54. The molecule has 0 aliphatic carbocycles.